The van der Waals surface area contributed by atoms with Gasteiger partial charge in [0.2, 0.25) is 0 Å². The van der Waals surface area contributed by atoms with Crippen LogP contribution < -0.4 is 0 Å². The Balaban J connectivity index is 1.45. The summed E-state index contributed by atoms with van der Waals surface area (Å²) in [6.07, 6.45) is 4.43. The predicted octanol–water partition coefficient (Wildman–Crippen LogP) is 5.03. The maximum atomic E-state index is 13.6. The molecule has 4 aromatic rings. The molecule has 1 aliphatic rings. The van der Waals surface area contributed by atoms with Gasteiger partial charge in [-0.3, -0.25) is 4.79 Å². The van der Waals surface area contributed by atoms with Crippen molar-refractivity contribution in [1.29, 1.82) is 0 Å². The first-order valence-corrected chi connectivity index (χ1v) is 10.1. The Morgan fingerprint density at radius 1 is 1.23 bits per heavy atom. The van der Waals surface area contributed by atoms with Crippen LogP contribution in [0.1, 0.15) is 47.4 Å². The van der Waals surface area contributed by atoms with E-state index in [4.69, 9.17) is 4.42 Å². The summed E-state index contributed by atoms with van der Waals surface area (Å²) in [4.78, 5) is 27.3. The Morgan fingerprint density at radius 2 is 2.13 bits per heavy atom. The van der Waals surface area contributed by atoms with Gasteiger partial charge in [-0.05, 0) is 50.5 Å². The summed E-state index contributed by atoms with van der Waals surface area (Å²) in [7, 11) is 0. The molecule has 1 N–H and O–H groups in total. The minimum atomic E-state index is -0.299. The fourth-order valence-electron chi connectivity index (χ4n) is 4.04. The number of nitrogens with one attached hydrogen (secondary N) is 1. The standard InChI is InChI=1S/C23H21FN4O2/c1-14-8-9-20-17(26-14)12-21(30-20)23(29)28-10-3-2-7-19(28)22-25-13-18(27-22)15-5-4-6-16(24)11-15/h4-6,8-9,11-13,19H,2-3,7,10H2,1H3,(H,25,27). The lowest BCUT2D eigenvalue weighted by molar-refractivity contribution is 0.0571. The minimum Gasteiger partial charge on any atom is -0.449 e. The summed E-state index contributed by atoms with van der Waals surface area (Å²) in [5, 5.41) is 0. The quantitative estimate of drug-likeness (QED) is 0.519. The third-order valence-corrected chi connectivity index (χ3v) is 5.53. The SMILES string of the molecule is Cc1ccc2oc(C(=O)N3CCCCC3c3ncc(-c4cccc(F)c4)[nH]3)cc2n1. The van der Waals surface area contributed by atoms with E-state index in [1.165, 1.54) is 12.1 Å². The van der Waals surface area contributed by atoms with E-state index in [0.29, 0.717) is 23.5 Å². The minimum absolute atomic E-state index is 0.168. The van der Waals surface area contributed by atoms with Crippen LogP contribution in [0.2, 0.25) is 0 Å². The Labute approximate surface area is 172 Å². The van der Waals surface area contributed by atoms with Crippen LogP contribution in [0, 0.1) is 12.7 Å². The molecule has 0 aliphatic carbocycles. The number of H-pyrrole nitrogens is 1. The van der Waals surface area contributed by atoms with Gasteiger partial charge >= 0.3 is 0 Å². The number of carbonyl (C=O) groups is 1. The Kier molecular flexibility index (Phi) is 4.58. The summed E-state index contributed by atoms with van der Waals surface area (Å²) < 4.78 is 19.4. The van der Waals surface area contributed by atoms with Gasteiger partial charge in [-0.1, -0.05) is 12.1 Å². The zero-order valence-corrected chi connectivity index (χ0v) is 16.6. The highest BCUT2D eigenvalue weighted by molar-refractivity contribution is 5.95. The molecule has 1 fully saturated rings. The Bertz CT molecular complexity index is 1230. The number of furan rings is 1. The number of hydrogen-bond acceptors (Lipinski definition) is 4. The summed E-state index contributed by atoms with van der Waals surface area (Å²) in [5.41, 5.74) is 3.60. The van der Waals surface area contributed by atoms with Crippen LogP contribution in [0.25, 0.3) is 22.4 Å². The molecule has 0 radical (unpaired) electrons. The average molecular weight is 404 g/mol. The number of hydrogen-bond donors (Lipinski definition) is 1. The van der Waals surface area contributed by atoms with E-state index in [1.807, 2.05) is 30.0 Å². The van der Waals surface area contributed by atoms with Crippen molar-refractivity contribution in [2.75, 3.05) is 6.54 Å². The number of benzene rings is 1. The van der Waals surface area contributed by atoms with Crippen LogP contribution in [-0.4, -0.2) is 32.3 Å². The second-order valence-electron chi connectivity index (χ2n) is 7.65. The summed E-state index contributed by atoms with van der Waals surface area (Å²) >= 11 is 0. The normalized spacial score (nSPS) is 16.9. The predicted molar refractivity (Wildman–Crippen MR) is 110 cm³/mol. The number of carbonyl (C=O) groups excluding carboxylic acids is 1. The van der Waals surface area contributed by atoms with Crippen molar-refractivity contribution >= 4 is 17.0 Å². The van der Waals surface area contributed by atoms with Gasteiger partial charge in [0, 0.05) is 23.9 Å². The first kappa shape index (κ1) is 18.5. The van der Waals surface area contributed by atoms with Crippen molar-refractivity contribution in [2.24, 2.45) is 0 Å². The Hall–Kier alpha value is -3.48. The second kappa shape index (κ2) is 7.40. The number of nitrogens with zero attached hydrogens (tertiary/aromatic N) is 3. The number of fused-ring (bicyclic) bond motifs is 1. The molecule has 152 valence electrons. The van der Waals surface area contributed by atoms with E-state index >= 15 is 0 Å². The topological polar surface area (TPSA) is 75.0 Å². The van der Waals surface area contributed by atoms with Crippen LogP contribution in [0.5, 0.6) is 0 Å². The van der Waals surface area contributed by atoms with E-state index in [1.54, 1.807) is 18.3 Å². The van der Waals surface area contributed by atoms with Crippen molar-refractivity contribution < 1.29 is 13.6 Å². The molecule has 1 saturated heterocycles. The zero-order valence-electron chi connectivity index (χ0n) is 16.6. The second-order valence-corrected chi connectivity index (χ2v) is 7.65. The fourth-order valence-corrected chi connectivity index (χ4v) is 4.04. The number of piperidine rings is 1. The van der Waals surface area contributed by atoms with Crippen molar-refractivity contribution in [3.05, 3.63) is 71.8 Å². The lowest BCUT2D eigenvalue weighted by Gasteiger charge is -2.33. The number of pyridine rings is 1. The highest BCUT2D eigenvalue weighted by atomic mass is 19.1. The zero-order chi connectivity index (χ0) is 20.7. The molecule has 0 saturated carbocycles. The van der Waals surface area contributed by atoms with E-state index in [0.717, 1.165) is 36.2 Å². The number of rotatable bonds is 3. The van der Waals surface area contributed by atoms with E-state index in [2.05, 4.69) is 15.0 Å². The van der Waals surface area contributed by atoms with Gasteiger partial charge in [0.15, 0.2) is 11.3 Å². The van der Waals surface area contributed by atoms with E-state index in [-0.39, 0.29) is 23.5 Å². The molecule has 1 atom stereocenters. The van der Waals surface area contributed by atoms with Crippen molar-refractivity contribution in [3.8, 4) is 11.3 Å². The number of halogens is 1. The highest BCUT2D eigenvalue weighted by Gasteiger charge is 2.32. The average Bonchev–Trinajstić information content (AvgIpc) is 3.40. The molecular formula is C23H21FN4O2. The third-order valence-electron chi connectivity index (χ3n) is 5.53. The highest BCUT2D eigenvalue weighted by Crippen LogP contribution is 2.32. The van der Waals surface area contributed by atoms with Crippen LogP contribution >= 0.6 is 0 Å². The number of amides is 1. The van der Waals surface area contributed by atoms with Crippen LogP contribution in [0.15, 0.2) is 53.1 Å². The lowest BCUT2D eigenvalue weighted by atomic mass is 10.0. The number of imidazole rings is 1. The Morgan fingerprint density at radius 3 is 3.00 bits per heavy atom. The molecule has 1 amide bonds. The first-order chi connectivity index (χ1) is 14.6. The van der Waals surface area contributed by atoms with Gasteiger partial charge in [0.25, 0.3) is 5.91 Å². The maximum Gasteiger partial charge on any atom is 0.290 e. The lowest BCUT2D eigenvalue weighted by Crippen LogP contribution is -2.38. The van der Waals surface area contributed by atoms with Crippen molar-refractivity contribution in [1.82, 2.24) is 19.9 Å². The van der Waals surface area contributed by atoms with E-state index in [9.17, 15) is 9.18 Å². The molecule has 3 aromatic heterocycles. The summed E-state index contributed by atoms with van der Waals surface area (Å²) in [6, 6.07) is 11.6. The monoisotopic (exact) mass is 404 g/mol. The van der Waals surface area contributed by atoms with Crippen molar-refractivity contribution in [3.63, 3.8) is 0 Å². The van der Waals surface area contributed by atoms with Gasteiger partial charge in [-0.2, -0.15) is 0 Å². The van der Waals surface area contributed by atoms with Crippen molar-refractivity contribution in [2.45, 2.75) is 32.2 Å². The molecule has 30 heavy (non-hydrogen) atoms. The van der Waals surface area contributed by atoms with Gasteiger partial charge in [0.05, 0.1) is 17.9 Å². The van der Waals surface area contributed by atoms with Crippen LogP contribution in [-0.2, 0) is 0 Å². The molecule has 4 heterocycles. The van der Waals surface area contributed by atoms with Gasteiger partial charge in [-0.25, -0.2) is 14.4 Å². The molecule has 1 aliphatic heterocycles. The third kappa shape index (κ3) is 3.36. The number of aromatic nitrogens is 3. The summed E-state index contributed by atoms with van der Waals surface area (Å²) in [5.74, 6) is 0.519. The molecule has 6 nitrogen and oxygen atoms in total. The van der Waals surface area contributed by atoms with Gasteiger partial charge in [-0.15, -0.1) is 0 Å². The molecule has 7 heteroatoms. The van der Waals surface area contributed by atoms with E-state index < -0.39 is 0 Å². The van der Waals surface area contributed by atoms with Gasteiger partial charge in [0.1, 0.15) is 17.2 Å². The first-order valence-electron chi connectivity index (χ1n) is 10.1. The molecule has 0 spiro atoms. The molecule has 0 bridgehead atoms. The fraction of sp³-hybridized carbons (Fsp3) is 0.261. The smallest absolute Gasteiger partial charge is 0.290 e. The number of aryl methyl sites for hydroxylation is 1. The molecule has 1 unspecified atom stereocenters. The molecule has 1 aromatic carbocycles. The largest absolute Gasteiger partial charge is 0.449 e. The van der Waals surface area contributed by atoms with Crippen LogP contribution in [0.4, 0.5) is 4.39 Å². The maximum absolute atomic E-state index is 13.6. The molecule has 5 rings (SSSR count). The number of likely N-dealkylation sites (tertiary alicyclic amines) is 1. The van der Waals surface area contributed by atoms with Crippen LogP contribution in [0.3, 0.4) is 0 Å². The van der Waals surface area contributed by atoms with Gasteiger partial charge < -0.3 is 14.3 Å². The summed E-state index contributed by atoms with van der Waals surface area (Å²) in [6.45, 7) is 2.53. The molecular weight excluding hydrogens is 383 g/mol. The number of aromatic amines is 1.